The van der Waals surface area contributed by atoms with Crippen molar-refractivity contribution in [3.63, 3.8) is 0 Å². The molecular weight excluding hydrogens is 228 g/mol. The zero-order chi connectivity index (χ0) is 13.0. The molecule has 0 radical (unpaired) electrons. The first-order valence-electron chi connectivity index (χ1n) is 5.73. The number of phenolic OH excluding ortho intramolecular Hbond substituents is 1. The first kappa shape index (κ1) is 12.2. The van der Waals surface area contributed by atoms with Gasteiger partial charge in [0, 0.05) is 17.8 Å². The number of aromatic nitrogens is 1. The third-order valence-corrected chi connectivity index (χ3v) is 2.65. The van der Waals surface area contributed by atoms with Gasteiger partial charge in [-0.1, -0.05) is 18.2 Å². The molecular formula is C14H16N2O2. The molecule has 1 heterocycles. The number of anilines is 1. The van der Waals surface area contributed by atoms with Crippen molar-refractivity contribution in [3.8, 4) is 11.5 Å². The summed E-state index contributed by atoms with van der Waals surface area (Å²) >= 11 is 0. The van der Waals surface area contributed by atoms with Gasteiger partial charge in [-0.15, -0.1) is 0 Å². The molecule has 0 unspecified atom stereocenters. The summed E-state index contributed by atoms with van der Waals surface area (Å²) in [6.45, 7) is 2.44. The van der Waals surface area contributed by atoms with Crippen LogP contribution in [-0.2, 0) is 6.54 Å². The fourth-order valence-electron chi connectivity index (χ4n) is 1.70. The molecule has 1 aromatic carbocycles. The van der Waals surface area contributed by atoms with Gasteiger partial charge in [0.25, 0.3) is 0 Å². The molecule has 0 amide bonds. The second kappa shape index (κ2) is 5.40. The summed E-state index contributed by atoms with van der Waals surface area (Å²) in [6, 6.07) is 11.2. The van der Waals surface area contributed by atoms with Gasteiger partial charge in [0.1, 0.15) is 5.82 Å². The maximum atomic E-state index is 9.94. The molecule has 1 aromatic heterocycles. The zero-order valence-corrected chi connectivity index (χ0v) is 10.5. The number of hydrogen-bond donors (Lipinski definition) is 2. The van der Waals surface area contributed by atoms with Crippen LogP contribution in [0.5, 0.6) is 11.5 Å². The summed E-state index contributed by atoms with van der Waals surface area (Å²) in [4.78, 5) is 4.34. The monoisotopic (exact) mass is 244 g/mol. The topological polar surface area (TPSA) is 54.4 Å². The van der Waals surface area contributed by atoms with Crippen molar-refractivity contribution >= 4 is 5.82 Å². The van der Waals surface area contributed by atoms with Crippen LogP contribution in [0.15, 0.2) is 36.4 Å². The molecule has 0 aliphatic carbocycles. The van der Waals surface area contributed by atoms with E-state index in [0.717, 1.165) is 17.1 Å². The number of hydrogen-bond acceptors (Lipinski definition) is 4. The van der Waals surface area contributed by atoms with Crippen LogP contribution in [0.1, 0.15) is 11.3 Å². The van der Waals surface area contributed by atoms with Gasteiger partial charge in [-0.05, 0) is 25.1 Å². The first-order chi connectivity index (χ1) is 8.70. The number of nitrogens with one attached hydrogen (secondary N) is 1. The van der Waals surface area contributed by atoms with E-state index in [9.17, 15) is 5.11 Å². The van der Waals surface area contributed by atoms with Crippen molar-refractivity contribution in [1.82, 2.24) is 4.98 Å². The third kappa shape index (κ3) is 2.71. The molecule has 0 fully saturated rings. The van der Waals surface area contributed by atoms with E-state index in [1.165, 1.54) is 7.11 Å². The van der Waals surface area contributed by atoms with E-state index in [0.29, 0.717) is 12.3 Å². The second-order valence-corrected chi connectivity index (χ2v) is 3.99. The Balaban J connectivity index is 2.11. The van der Waals surface area contributed by atoms with Crippen molar-refractivity contribution in [2.75, 3.05) is 12.4 Å². The van der Waals surface area contributed by atoms with Crippen LogP contribution < -0.4 is 10.1 Å². The van der Waals surface area contributed by atoms with Crippen LogP contribution in [0, 0.1) is 6.92 Å². The number of aryl methyl sites for hydroxylation is 1. The summed E-state index contributed by atoms with van der Waals surface area (Å²) in [5, 5.41) is 13.1. The molecule has 0 saturated heterocycles. The van der Waals surface area contributed by atoms with Crippen molar-refractivity contribution < 1.29 is 9.84 Å². The Hall–Kier alpha value is -2.23. The van der Waals surface area contributed by atoms with E-state index in [4.69, 9.17) is 4.74 Å². The van der Waals surface area contributed by atoms with Crippen molar-refractivity contribution in [2.45, 2.75) is 13.5 Å². The molecule has 4 heteroatoms. The predicted molar refractivity (Wildman–Crippen MR) is 71.0 cm³/mol. The molecule has 2 aromatic rings. The Morgan fingerprint density at radius 1 is 1.22 bits per heavy atom. The highest BCUT2D eigenvalue weighted by Gasteiger charge is 2.06. The predicted octanol–water partition coefficient (Wildman–Crippen LogP) is 2.72. The highest BCUT2D eigenvalue weighted by Crippen LogP contribution is 2.29. The van der Waals surface area contributed by atoms with Crippen LogP contribution >= 0.6 is 0 Å². The Kier molecular flexibility index (Phi) is 3.67. The SMILES string of the molecule is COc1cccc(CNc2cccc(C)n2)c1O. The fraction of sp³-hybridized carbons (Fsp3) is 0.214. The molecule has 18 heavy (non-hydrogen) atoms. The lowest BCUT2D eigenvalue weighted by molar-refractivity contribution is 0.371. The van der Waals surface area contributed by atoms with Gasteiger partial charge in [0.2, 0.25) is 0 Å². The van der Waals surface area contributed by atoms with Crippen LogP contribution in [0.4, 0.5) is 5.82 Å². The minimum Gasteiger partial charge on any atom is -0.504 e. The van der Waals surface area contributed by atoms with Gasteiger partial charge in [-0.3, -0.25) is 0 Å². The quantitative estimate of drug-likeness (QED) is 0.868. The molecule has 2 rings (SSSR count). The van der Waals surface area contributed by atoms with Crippen LogP contribution in [-0.4, -0.2) is 17.2 Å². The first-order valence-corrected chi connectivity index (χ1v) is 5.73. The van der Waals surface area contributed by atoms with Gasteiger partial charge < -0.3 is 15.2 Å². The van der Waals surface area contributed by atoms with E-state index >= 15 is 0 Å². The largest absolute Gasteiger partial charge is 0.504 e. The number of pyridine rings is 1. The van der Waals surface area contributed by atoms with Gasteiger partial charge in [0.05, 0.1) is 7.11 Å². The zero-order valence-electron chi connectivity index (χ0n) is 10.5. The number of methoxy groups -OCH3 is 1. The lowest BCUT2D eigenvalue weighted by Gasteiger charge is -2.10. The van der Waals surface area contributed by atoms with Gasteiger partial charge in [0.15, 0.2) is 11.5 Å². The molecule has 0 aliphatic rings. The van der Waals surface area contributed by atoms with Crippen LogP contribution in [0.2, 0.25) is 0 Å². The molecule has 4 nitrogen and oxygen atoms in total. The molecule has 94 valence electrons. The summed E-state index contributed by atoms with van der Waals surface area (Å²) in [5.74, 6) is 1.43. The number of rotatable bonds is 4. The Morgan fingerprint density at radius 2 is 2.00 bits per heavy atom. The van der Waals surface area contributed by atoms with Crippen LogP contribution in [0.3, 0.4) is 0 Å². The summed E-state index contributed by atoms with van der Waals surface area (Å²) in [7, 11) is 1.54. The van der Waals surface area contributed by atoms with Crippen LogP contribution in [0.25, 0.3) is 0 Å². The second-order valence-electron chi connectivity index (χ2n) is 3.99. The van der Waals surface area contributed by atoms with E-state index < -0.39 is 0 Å². The number of benzene rings is 1. The summed E-state index contributed by atoms with van der Waals surface area (Å²) in [5.41, 5.74) is 1.73. The normalized spacial score (nSPS) is 10.1. The number of aromatic hydroxyl groups is 1. The smallest absolute Gasteiger partial charge is 0.162 e. The standard InChI is InChI=1S/C14H16N2O2/c1-10-5-3-8-13(16-10)15-9-11-6-4-7-12(18-2)14(11)17/h3-8,17H,9H2,1-2H3,(H,15,16). The lowest BCUT2D eigenvalue weighted by Crippen LogP contribution is -2.02. The minimum atomic E-state index is 0.167. The lowest BCUT2D eigenvalue weighted by atomic mass is 10.2. The highest BCUT2D eigenvalue weighted by atomic mass is 16.5. The van der Waals surface area contributed by atoms with E-state index in [1.807, 2.05) is 37.3 Å². The summed E-state index contributed by atoms with van der Waals surface area (Å²) < 4.78 is 5.06. The Bertz CT molecular complexity index is 541. The van der Waals surface area contributed by atoms with E-state index in [2.05, 4.69) is 10.3 Å². The number of phenols is 1. The van der Waals surface area contributed by atoms with Crippen molar-refractivity contribution in [3.05, 3.63) is 47.7 Å². The number of ether oxygens (including phenoxy) is 1. The highest BCUT2D eigenvalue weighted by molar-refractivity contribution is 5.47. The molecule has 0 aliphatic heterocycles. The average molecular weight is 244 g/mol. The average Bonchev–Trinajstić information content (AvgIpc) is 2.38. The van der Waals surface area contributed by atoms with Gasteiger partial charge in [-0.2, -0.15) is 0 Å². The van der Waals surface area contributed by atoms with E-state index in [-0.39, 0.29) is 5.75 Å². The van der Waals surface area contributed by atoms with Gasteiger partial charge in [-0.25, -0.2) is 4.98 Å². The van der Waals surface area contributed by atoms with Crippen molar-refractivity contribution in [2.24, 2.45) is 0 Å². The summed E-state index contributed by atoms with van der Waals surface area (Å²) in [6.07, 6.45) is 0. The third-order valence-electron chi connectivity index (χ3n) is 2.65. The maximum absolute atomic E-state index is 9.94. The molecule has 0 atom stereocenters. The molecule has 0 saturated carbocycles. The minimum absolute atomic E-state index is 0.167. The fourth-order valence-corrected chi connectivity index (χ4v) is 1.70. The Labute approximate surface area is 106 Å². The Morgan fingerprint density at radius 3 is 2.72 bits per heavy atom. The molecule has 0 spiro atoms. The van der Waals surface area contributed by atoms with Crippen molar-refractivity contribution in [1.29, 1.82) is 0 Å². The molecule has 2 N–H and O–H groups in total. The van der Waals surface area contributed by atoms with Gasteiger partial charge >= 0.3 is 0 Å². The maximum Gasteiger partial charge on any atom is 0.162 e. The molecule has 0 bridgehead atoms. The number of para-hydroxylation sites is 1. The number of nitrogens with zero attached hydrogens (tertiary/aromatic N) is 1. The van der Waals surface area contributed by atoms with E-state index in [1.54, 1.807) is 6.07 Å².